The van der Waals surface area contributed by atoms with Crippen LogP contribution in [0, 0.1) is 0 Å². The van der Waals surface area contributed by atoms with Crippen molar-refractivity contribution in [2.45, 2.75) is 13.3 Å². The van der Waals surface area contributed by atoms with Gasteiger partial charge in [-0.3, -0.25) is 0 Å². The highest BCUT2D eigenvalue weighted by Crippen LogP contribution is 1.81. The molecule has 0 atom stereocenters. The summed E-state index contributed by atoms with van der Waals surface area (Å²) >= 11 is 0. The van der Waals surface area contributed by atoms with Crippen molar-refractivity contribution >= 4 is 15.6 Å². The van der Waals surface area contributed by atoms with Gasteiger partial charge in [0.2, 0.25) is 6.08 Å². The largest absolute Gasteiger partial charge is 0.483 e. The van der Waals surface area contributed by atoms with E-state index in [1.165, 1.54) is 6.08 Å². The molecule has 0 N–H and O–H groups in total. The summed E-state index contributed by atoms with van der Waals surface area (Å²) in [5.74, 6) is 0. The molecular formula is C7H17NO4Si. The molecule has 0 aliphatic heterocycles. The first-order valence-electron chi connectivity index (χ1n) is 3.88. The van der Waals surface area contributed by atoms with Crippen LogP contribution in [-0.4, -0.2) is 43.5 Å². The van der Waals surface area contributed by atoms with Crippen molar-refractivity contribution in [1.82, 2.24) is 0 Å². The molecule has 0 radical (unpaired) electrons. The molecule has 13 heavy (non-hydrogen) atoms. The van der Waals surface area contributed by atoms with E-state index in [0.717, 1.165) is 6.42 Å². The Morgan fingerprint density at radius 3 is 1.77 bits per heavy atom. The van der Waals surface area contributed by atoms with Crippen LogP contribution in [0.3, 0.4) is 0 Å². The third-order valence-corrected chi connectivity index (χ3v) is 2.13. The number of rotatable bonds is 5. The molecule has 0 aliphatic rings. The molecule has 0 aromatic carbocycles. The SMILES string of the molecule is CCCN=C=O.CO[SiH](OC)OC. The van der Waals surface area contributed by atoms with E-state index < -0.39 is 9.53 Å². The van der Waals surface area contributed by atoms with Gasteiger partial charge in [0.25, 0.3) is 0 Å². The lowest BCUT2D eigenvalue weighted by atomic mass is 10.5. The number of isocyanates is 1. The number of hydrogen-bond acceptors (Lipinski definition) is 5. The van der Waals surface area contributed by atoms with Gasteiger partial charge in [0.15, 0.2) is 0 Å². The summed E-state index contributed by atoms with van der Waals surface area (Å²) in [6, 6.07) is 0. The Kier molecular flexibility index (Phi) is 16.2. The fourth-order valence-corrected chi connectivity index (χ4v) is 1.02. The fourth-order valence-electron chi connectivity index (χ4n) is 0.446. The predicted octanol–water partition coefficient (Wildman–Crippen LogP) is 0.375. The molecule has 0 saturated heterocycles. The van der Waals surface area contributed by atoms with Crippen LogP contribution < -0.4 is 0 Å². The van der Waals surface area contributed by atoms with Crippen molar-refractivity contribution in [3.63, 3.8) is 0 Å². The maximum atomic E-state index is 9.27. The number of aliphatic imine (C=N–C) groups is 1. The molecule has 5 nitrogen and oxygen atoms in total. The van der Waals surface area contributed by atoms with E-state index in [2.05, 4.69) is 4.99 Å². The molecule has 0 aromatic heterocycles. The van der Waals surface area contributed by atoms with Crippen LogP contribution in [0.1, 0.15) is 13.3 Å². The van der Waals surface area contributed by atoms with Gasteiger partial charge >= 0.3 is 9.53 Å². The lowest BCUT2D eigenvalue weighted by Crippen LogP contribution is -2.21. The summed E-state index contributed by atoms with van der Waals surface area (Å²) in [5.41, 5.74) is 0. The second-order valence-corrected chi connectivity index (χ2v) is 3.96. The third-order valence-electron chi connectivity index (χ3n) is 0.977. The zero-order valence-electron chi connectivity index (χ0n) is 8.57. The quantitative estimate of drug-likeness (QED) is 0.371. The summed E-state index contributed by atoms with van der Waals surface area (Å²) < 4.78 is 14.2. The summed E-state index contributed by atoms with van der Waals surface area (Å²) in [5, 5.41) is 0. The van der Waals surface area contributed by atoms with Crippen LogP contribution in [0.2, 0.25) is 0 Å². The Labute approximate surface area is 80.7 Å². The number of hydrogen-bond donors (Lipinski definition) is 0. The van der Waals surface area contributed by atoms with Crippen molar-refractivity contribution < 1.29 is 18.1 Å². The highest BCUT2D eigenvalue weighted by molar-refractivity contribution is 6.36. The first-order chi connectivity index (χ1) is 6.26. The van der Waals surface area contributed by atoms with E-state index >= 15 is 0 Å². The molecule has 0 saturated carbocycles. The summed E-state index contributed by atoms with van der Waals surface area (Å²) in [6.45, 7) is 2.57. The number of carbonyl (C=O) groups excluding carboxylic acids is 1. The van der Waals surface area contributed by atoms with Crippen LogP contribution in [0.25, 0.3) is 0 Å². The second kappa shape index (κ2) is 14.0. The minimum atomic E-state index is -1.67. The van der Waals surface area contributed by atoms with Crippen LogP contribution in [0.4, 0.5) is 0 Å². The van der Waals surface area contributed by atoms with Gasteiger partial charge in [0.1, 0.15) is 0 Å². The lowest BCUT2D eigenvalue weighted by molar-refractivity contribution is 0.163. The first-order valence-corrected chi connectivity index (χ1v) is 5.30. The Hall–Kier alpha value is -0.523. The van der Waals surface area contributed by atoms with Crippen molar-refractivity contribution in [1.29, 1.82) is 0 Å². The molecular weight excluding hydrogens is 190 g/mol. The molecule has 0 amide bonds. The van der Waals surface area contributed by atoms with E-state index in [9.17, 15) is 4.79 Å². The molecule has 78 valence electrons. The van der Waals surface area contributed by atoms with Gasteiger partial charge in [-0.1, -0.05) is 6.92 Å². The number of nitrogens with zero attached hydrogens (tertiary/aromatic N) is 1. The maximum Gasteiger partial charge on any atom is 0.483 e. The minimum absolute atomic E-state index is 0.615. The van der Waals surface area contributed by atoms with Crippen molar-refractivity contribution in [3.8, 4) is 0 Å². The van der Waals surface area contributed by atoms with Gasteiger partial charge < -0.3 is 13.3 Å². The van der Waals surface area contributed by atoms with Crippen LogP contribution in [0.15, 0.2) is 4.99 Å². The molecule has 0 spiro atoms. The van der Waals surface area contributed by atoms with Crippen molar-refractivity contribution in [2.24, 2.45) is 4.99 Å². The second-order valence-electron chi connectivity index (χ2n) is 1.97. The van der Waals surface area contributed by atoms with Gasteiger partial charge in [-0.05, 0) is 6.42 Å². The van der Waals surface area contributed by atoms with Crippen molar-refractivity contribution in [2.75, 3.05) is 27.9 Å². The smallest absolute Gasteiger partial charge is 0.379 e. The Morgan fingerprint density at radius 1 is 1.23 bits per heavy atom. The zero-order valence-corrected chi connectivity index (χ0v) is 9.73. The maximum absolute atomic E-state index is 9.27. The van der Waals surface area contributed by atoms with Gasteiger partial charge in [0.05, 0.1) is 6.54 Å². The Morgan fingerprint density at radius 2 is 1.69 bits per heavy atom. The van der Waals surface area contributed by atoms with Gasteiger partial charge in [-0.25, -0.2) is 9.79 Å². The average molecular weight is 207 g/mol. The predicted molar refractivity (Wildman–Crippen MR) is 51.5 cm³/mol. The lowest BCUT2D eigenvalue weighted by Gasteiger charge is -2.05. The standard InChI is InChI=1S/C4H7NO.C3H10O3Si/c1-2-3-5-4-6;1-4-7(5-2)6-3/h2-3H2,1H3;7H,1-3H3. The monoisotopic (exact) mass is 207 g/mol. The van der Waals surface area contributed by atoms with E-state index in [1.54, 1.807) is 21.3 Å². The van der Waals surface area contributed by atoms with E-state index in [0.29, 0.717) is 6.54 Å². The van der Waals surface area contributed by atoms with E-state index in [1.807, 2.05) is 6.92 Å². The highest BCUT2D eigenvalue weighted by Gasteiger charge is 2.04. The zero-order chi connectivity index (χ0) is 10.5. The van der Waals surface area contributed by atoms with Gasteiger partial charge in [0, 0.05) is 21.3 Å². The molecule has 6 heteroatoms. The molecule has 0 bridgehead atoms. The summed E-state index contributed by atoms with van der Waals surface area (Å²) in [6.07, 6.45) is 2.37. The Bertz CT molecular complexity index is 129. The molecule has 0 aromatic rings. The third kappa shape index (κ3) is 14.3. The fraction of sp³-hybridized carbons (Fsp3) is 0.857. The minimum Gasteiger partial charge on any atom is -0.379 e. The summed E-state index contributed by atoms with van der Waals surface area (Å²) in [7, 11) is 3.05. The molecule has 0 unspecified atom stereocenters. The molecule has 0 aliphatic carbocycles. The molecule has 0 rings (SSSR count). The van der Waals surface area contributed by atoms with E-state index in [4.69, 9.17) is 13.3 Å². The first kappa shape index (κ1) is 15.0. The normalized spacial score (nSPS) is 8.69. The summed E-state index contributed by atoms with van der Waals surface area (Å²) in [4.78, 5) is 12.6. The topological polar surface area (TPSA) is 57.1 Å². The van der Waals surface area contributed by atoms with Crippen molar-refractivity contribution in [3.05, 3.63) is 0 Å². The van der Waals surface area contributed by atoms with Gasteiger partial charge in [-0.15, -0.1) is 0 Å². The Balaban J connectivity index is 0. The van der Waals surface area contributed by atoms with Gasteiger partial charge in [-0.2, -0.15) is 0 Å². The average Bonchev–Trinajstić information content (AvgIpc) is 2.18. The van der Waals surface area contributed by atoms with Crippen LogP contribution in [-0.2, 0) is 18.1 Å². The van der Waals surface area contributed by atoms with Crippen LogP contribution >= 0.6 is 0 Å². The van der Waals surface area contributed by atoms with Crippen LogP contribution in [0.5, 0.6) is 0 Å². The molecule has 0 heterocycles. The molecule has 0 fully saturated rings. The van der Waals surface area contributed by atoms with E-state index in [-0.39, 0.29) is 0 Å². The highest BCUT2D eigenvalue weighted by atomic mass is 28.3.